The molecule has 6 nitrogen and oxygen atoms in total. The zero-order valence-electron chi connectivity index (χ0n) is 13.9. The second kappa shape index (κ2) is 6.90. The number of hydrogen-bond acceptors (Lipinski definition) is 3. The molecule has 0 bridgehead atoms. The van der Waals surface area contributed by atoms with Crippen molar-refractivity contribution >= 4 is 17.0 Å². The van der Waals surface area contributed by atoms with Gasteiger partial charge >= 0.3 is 0 Å². The summed E-state index contributed by atoms with van der Waals surface area (Å²) < 4.78 is 0. The molecule has 25 heavy (non-hydrogen) atoms. The van der Waals surface area contributed by atoms with Gasteiger partial charge in [-0.3, -0.25) is 9.78 Å². The predicted octanol–water partition coefficient (Wildman–Crippen LogP) is -2.08. The van der Waals surface area contributed by atoms with Crippen molar-refractivity contribution in [3.63, 3.8) is 0 Å². The fourth-order valence-electron chi connectivity index (χ4n) is 3.47. The minimum Gasteiger partial charge on any atom is -1.00 e. The van der Waals surface area contributed by atoms with Crippen molar-refractivity contribution in [1.29, 1.82) is 0 Å². The van der Waals surface area contributed by atoms with Crippen LogP contribution in [-0.2, 0) is 13.0 Å². The molecule has 0 saturated heterocycles. The number of nitrogens with one attached hydrogen (secondary N) is 2. The van der Waals surface area contributed by atoms with Crippen LogP contribution in [0.5, 0.6) is 0 Å². The predicted molar refractivity (Wildman–Crippen MR) is 93.4 cm³/mol. The van der Waals surface area contributed by atoms with E-state index in [9.17, 15) is 4.79 Å². The number of hydrogen-bond donors (Lipinski definition) is 4. The minimum absolute atomic E-state index is 0. The normalized spacial score (nSPS) is 15.0. The second-order valence-electron chi connectivity index (χ2n) is 6.85. The largest absolute Gasteiger partial charge is 1.00 e. The highest BCUT2D eigenvalue weighted by atomic mass is 35.5. The van der Waals surface area contributed by atoms with Gasteiger partial charge in [0.25, 0.3) is 5.56 Å². The summed E-state index contributed by atoms with van der Waals surface area (Å²) >= 11 is 0. The van der Waals surface area contributed by atoms with Gasteiger partial charge in [-0.25, -0.2) is 0 Å². The molecule has 1 saturated carbocycles. The van der Waals surface area contributed by atoms with Crippen molar-refractivity contribution in [3.05, 3.63) is 58.0 Å². The molecule has 1 aliphatic rings. The summed E-state index contributed by atoms with van der Waals surface area (Å²) in [5.41, 5.74) is 8.77. The first kappa shape index (κ1) is 17.5. The lowest BCUT2D eigenvalue weighted by atomic mass is 9.96. The molecule has 6 N–H and O–H groups in total. The van der Waals surface area contributed by atoms with Crippen LogP contribution in [0, 0.1) is 5.41 Å². The van der Waals surface area contributed by atoms with Crippen LogP contribution in [0.15, 0.2) is 41.3 Å². The maximum Gasteiger partial charge on any atom is 0.262 e. The SMILES string of the molecule is Nc1nc2[nH]cc(C[NH2+]CC3(Cc4ccccc4)CC3)c2c(=O)[nH]1.[Cl-]. The molecule has 0 atom stereocenters. The van der Waals surface area contributed by atoms with Gasteiger partial charge in [0.1, 0.15) is 12.2 Å². The van der Waals surface area contributed by atoms with Gasteiger partial charge in [0.15, 0.2) is 0 Å². The zero-order chi connectivity index (χ0) is 16.6. The van der Waals surface area contributed by atoms with Crippen LogP contribution in [0.1, 0.15) is 24.0 Å². The number of nitrogens with zero attached hydrogens (tertiary/aromatic N) is 1. The quantitative estimate of drug-likeness (QED) is 0.406. The Morgan fingerprint density at radius 2 is 2.00 bits per heavy atom. The van der Waals surface area contributed by atoms with E-state index in [0.717, 1.165) is 25.1 Å². The number of aromatic amines is 2. The highest BCUT2D eigenvalue weighted by Gasteiger charge is 2.44. The van der Waals surface area contributed by atoms with Gasteiger partial charge in [-0.1, -0.05) is 30.3 Å². The van der Waals surface area contributed by atoms with Crippen LogP contribution in [0.4, 0.5) is 5.95 Å². The monoisotopic (exact) mass is 359 g/mol. The molecule has 1 aliphatic carbocycles. The van der Waals surface area contributed by atoms with Crippen molar-refractivity contribution in [3.8, 4) is 0 Å². The lowest BCUT2D eigenvalue weighted by Gasteiger charge is -2.13. The van der Waals surface area contributed by atoms with Gasteiger partial charge in [-0.2, -0.15) is 4.98 Å². The third kappa shape index (κ3) is 3.70. The molecule has 132 valence electrons. The number of benzene rings is 1. The molecular formula is C18H22ClN5O. The number of rotatable bonds is 6. The molecule has 2 aromatic heterocycles. The molecule has 3 aromatic rings. The third-order valence-electron chi connectivity index (χ3n) is 4.96. The Balaban J connectivity index is 0.00000182. The molecule has 2 heterocycles. The Kier molecular flexibility index (Phi) is 4.83. The second-order valence-corrected chi connectivity index (χ2v) is 6.85. The molecule has 0 aliphatic heterocycles. The van der Waals surface area contributed by atoms with Crippen molar-refractivity contribution < 1.29 is 17.7 Å². The number of aromatic nitrogens is 3. The number of anilines is 1. The van der Waals surface area contributed by atoms with Crippen molar-refractivity contribution in [2.75, 3.05) is 12.3 Å². The fraction of sp³-hybridized carbons (Fsp3) is 0.333. The summed E-state index contributed by atoms with van der Waals surface area (Å²) in [7, 11) is 0. The first-order valence-electron chi connectivity index (χ1n) is 8.37. The maximum atomic E-state index is 12.1. The Labute approximate surface area is 151 Å². The first-order valence-corrected chi connectivity index (χ1v) is 8.37. The summed E-state index contributed by atoms with van der Waals surface area (Å²) in [6.45, 7) is 1.85. The third-order valence-corrected chi connectivity index (χ3v) is 4.96. The van der Waals surface area contributed by atoms with Gasteiger partial charge in [0.2, 0.25) is 5.95 Å². The van der Waals surface area contributed by atoms with E-state index in [1.165, 1.54) is 18.4 Å². The Morgan fingerprint density at radius 1 is 1.24 bits per heavy atom. The van der Waals surface area contributed by atoms with Crippen LogP contribution < -0.4 is 29.0 Å². The molecule has 4 rings (SSSR count). The van der Waals surface area contributed by atoms with E-state index >= 15 is 0 Å². The molecule has 0 unspecified atom stereocenters. The van der Waals surface area contributed by atoms with Crippen LogP contribution >= 0.6 is 0 Å². The Hall–Kier alpha value is -2.31. The number of halogens is 1. The van der Waals surface area contributed by atoms with E-state index < -0.39 is 0 Å². The molecule has 1 aromatic carbocycles. The van der Waals surface area contributed by atoms with E-state index in [1.54, 1.807) is 0 Å². The summed E-state index contributed by atoms with van der Waals surface area (Å²) in [5.74, 6) is 0.143. The van der Waals surface area contributed by atoms with E-state index in [4.69, 9.17) is 5.73 Å². The standard InChI is InChI=1S/C18H21N5O.ClH/c19-17-22-15-14(16(24)23-17)13(10-21-15)9-20-11-18(6-7-18)8-12-4-2-1-3-5-12;/h1-5,10,20H,6-9,11H2,(H4,19,21,22,23,24);1H. The van der Waals surface area contributed by atoms with Crippen molar-refractivity contribution in [1.82, 2.24) is 15.0 Å². The molecular weight excluding hydrogens is 338 g/mol. The van der Waals surface area contributed by atoms with Crippen LogP contribution in [0.25, 0.3) is 11.0 Å². The van der Waals surface area contributed by atoms with Crippen molar-refractivity contribution in [2.45, 2.75) is 25.8 Å². The molecule has 0 amide bonds. The van der Waals surface area contributed by atoms with Crippen molar-refractivity contribution in [2.24, 2.45) is 5.41 Å². The van der Waals surface area contributed by atoms with E-state index in [2.05, 4.69) is 50.6 Å². The Bertz CT molecular complexity index is 914. The van der Waals surface area contributed by atoms with Gasteiger partial charge in [0, 0.05) is 17.2 Å². The number of H-pyrrole nitrogens is 2. The molecule has 1 fully saturated rings. The van der Waals surface area contributed by atoms with E-state index in [-0.39, 0.29) is 23.9 Å². The van der Waals surface area contributed by atoms with Crippen LogP contribution in [0.3, 0.4) is 0 Å². The average Bonchev–Trinajstić information content (AvgIpc) is 3.19. The summed E-state index contributed by atoms with van der Waals surface area (Å²) in [6.07, 6.45) is 5.56. The molecule has 0 spiro atoms. The summed E-state index contributed by atoms with van der Waals surface area (Å²) in [4.78, 5) is 21.8. The highest BCUT2D eigenvalue weighted by molar-refractivity contribution is 5.79. The smallest absolute Gasteiger partial charge is 0.262 e. The topological polar surface area (TPSA) is 104 Å². The zero-order valence-corrected chi connectivity index (χ0v) is 14.6. The fourth-order valence-corrected chi connectivity index (χ4v) is 3.47. The number of quaternary nitrogens is 1. The van der Waals surface area contributed by atoms with E-state index in [1.807, 2.05) is 6.20 Å². The summed E-state index contributed by atoms with van der Waals surface area (Å²) in [5, 5.41) is 2.92. The number of nitrogens with two attached hydrogens (primary N) is 2. The molecule has 7 heteroatoms. The molecule has 0 radical (unpaired) electrons. The lowest BCUT2D eigenvalue weighted by Crippen LogP contribution is -3.00. The van der Waals surface area contributed by atoms with Gasteiger partial charge < -0.3 is 28.4 Å². The van der Waals surface area contributed by atoms with Gasteiger partial charge in [-0.05, 0) is 24.8 Å². The minimum atomic E-state index is -0.174. The van der Waals surface area contributed by atoms with Crippen LogP contribution in [0.2, 0.25) is 0 Å². The lowest BCUT2D eigenvalue weighted by molar-refractivity contribution is -0.678. The van der Waals surface area contributed by atoms with Gasteiger partial charge in [-0.15, -0.1) is 0 Å². The average molecular weight is 360 g/mol. The summed E-state index contributed by atoms with van der Waals surface area (Å²) in [6, 6.07) is 10.7. The van der Waals surface area contributed by atoms with E-state index in [0.29, 0.717) is 16.4 Å². The highest BCUT2D eigenvalue weighted by Crippen LogP contribution is 2.47. The van der Waals surface area contributed by atoms with Crippen LogP contribution in [-0.4, -0.2) is 21.5 Å². The number of nitrogen functional groups attached to an aromatic ring is 1. The first-order chi connectivity index (χ1) is 11.7. The maximum absolute atomic E-state index is 12.1. The number of fused-ring (bicyclic) bond motifs is 1. The Morgan fingerprint density at radius 3 is 2.72 bits per heavy atom. The van der Waals surface area contributed by atoms with Gasteiger partial charge in [0.05, 0.1) is 11.9 Å².